The Morgan fingerprint density at radius 2 is 1.74 bits per heavy atom. The fourth-order valence-corrected chi connectivity index (χ4v) is 3.50. The third-order valence-electron chi connectivity index (χ3n) is 4.39. The Hall–Kier alpha value is -1.56. The number of anilines is 2. The Bertz CT molecular complexity index is 676. The molecule has 2 aromatic carbocycles. The number of hydrogen-bond donors (Lipinski definition) is 1. The van der Waals surface area contributed by atoms with Crippen molar-refractivity contribution < 1.29 is 4.79 Å². The van der Waals surface area contributed by atoms with E-state index in [9.17, 15) is 4.79 Å². The summed E-state index contributed by atoms with van der Waals surface area (Å²) in [7, 11) is 0. The molecule has 0 saturated carbocycles. The highest BCUT2D eigenvalue weighted by atomic mass is 127. The number of halogens is 1. The first kappa shape index (κ1) is 16.3. The second kappa shape index (κ2) is 7.34. The Morgan fingerprint density at radius 3 is 2.39 bits per heavy atom. The summed E-state index contributed by atoms with van der Waals surface area (Å²) in [6.45, 7) is 4.56. The molecule has 4 heteroatoms. The largest absolute Gasteiger partial charge is 0.372 e. The third-order valence-corrected chi connectivity index (χ3v) is 5.33. The number of benzene rings is 2. The fourth-order valence-electron chi connectivity index (χ4n) is 2.87. The van der Waals surface area contributed by atoms with Gasteiger partial charge in [-0.3, -0.25) is 4.79 Å². The Labute approximate surface area is 151 Å². The Kier molecular flexibility index (Phi) is 5.20. The van der Waals surface area contributed by atoms with Crippen LogP contribution in [0.4, 0.5) is 11.4 Å². The van der Waals surface area contributed by atoms with E-state index in [0.29, 0.717) is 5.56 Å². The van der Waals surface area contributed by atoms with E-state index in [-0.39, 0.29) is 5.91 Å². The monoisotopic (exact) mass is 420 g/mol. The third kappa shape index (κ3) is 4.05. The van der Waals surface area contributed by atoms with Crippen molar-refractivity contribution in [3.8, 4) is 0 Å². The van der Waals surface area contributed by atoms with Gasteiger partial charge in [-0.05, 0) is 77.7 Å². The van der Waals surface area contributed by atoms with Gasteiger partial charge >= 0.3 is 0 Å². The quantitative estimate of drug-likeness (QED) is 0.725. The molecule has 1 aliphatic rings. The zero-order valence-corrected chi connectivity index (χ0v) is 15.4. The summed E-state index contributed by atoms with van der Waals surface area (Å²) in [6.07, 6.45) is 2.51. The van der Waals surface area contributed by atoms with Gasteiger partial charge in [0.15, 0.2) is 0 Å². The van der Waals surface area contributed by atoms with Crippen LogP contribution in [-0.2, 0) is 0 Å². The van der Waals surface area contributed by atoms with Crippen molar-refractivity contribution in [3.63, 3.8) is 0 Å². The molecule has 1 aliphatic heterocycles. The maximum atomic E-state index is 12.3. The zero-order chi connectivity index (χ0) is 16.2. The molecule has 1 saturated heterocycles. The standard InChI is InChI=1S/C19H21IN2O/c1-14-10-12-22(13-11-14)16-8-6-15(7-9-16)21-19(23)17-4-2-3-5-18(17)20/h2-9,14H,10-13H2,1H3,(H,21,23). The highest BCUT2D eigenvalue weighted by Crippen LogP contribution is 2.24. The number of carbonyl (C=O) groups excluding carboxylic acids is 1. The summed E-state index contributed by atoms with van der Waals surface area (Å²) in [5.41, 5.74) is 2.79. The van der Waals surface area contributed by atoms with Gasteiger partial charge in [0.1, 0.15) is 0 Å². The molecule has 0 atom stereocenters. The fraction of sp³-hybridized carbons (Fsp3) is 0.316. The number of rotatable bonds is 3. The van der Waals surface area contributed by atoms with Crippen LogP contribution in [0, 0.1) is 9.49 Å². The predicted molar refractivity (Wildman–Crippen MR) is 104 cm³/mol. The maximum Gasteiger partial charge on any atom is 0.256 e. The van der Waals surface area contributed by atoms with E-state index in [1.54, 1.807) is 0 Å². The lowest BCUT2D eigenvalue weighted by molar-refractivity contribution is 0.102. The topological polar surface area (TPSA) is 32.3 Å². The Balaban J connectivity index is 1.66. The second-order valence-corrected chi connectivity index (χ2v) is 7.31. The lowest BCUT2D eigenvalue weighted by Crippen LogP contribution is -2.32. The van der Waals surface area contributed by atoms with E-state index in [1.165, 1.54) is 18.5 Å². The molecule has 2 aromatic rings. The van der Waals surface area contributed by atoms with Gasteiger partial charge in [0.2, 0.25) is 0 Å². The van der Waals surface area contributed by atoms with E-state index in [1.807, 2.05) is 36.4 Å². The molecule has 3 nitrogen and oxygen atoms in total. The summed E-state index contributed by atoms with van der Waals surface area (Å²) >= 11 is 2.19. The number of nitrogens with one attached hydrogen (secondary N) is 1. The van der Waals surface area contributed by atoms with E-state index >= 15 is 0 Å². The molecule has 23 heavy (non-hydrogen) atoms. The van der Waals surface area contributed by atoms with Gasteiger partial charge in [0, 0.05) is 28.0 Å². The molecular formula is C19H21IN2O. The molecule has 0 radical (unpaired) electrons. The minimum absolute atomic E-state index is 0.0606. The van der Waals surface area contributed by atoms with Crippen LogP contribution in [-0.4, -0.2) is 19.0 Å². The van der Waals surface area contributed by atoms with Gasteiger partial charge in [-0.2, -0.15) is 0 Å². The molecule has 1 amide bonds. The molecule has 0 aromatic heterocycles. The average Bonchev–Trinajstić information content (AvgIpc) is 2.57. The van der Waals surface area contributed by atoms with Crippen molar-refractivity contribution in [1.29, 1.82) is 0 Å². The molecule has 0 spiro atoms. The number of amides is 1. The molecule has 0 unspecified atom stereocenters. The predicted octanol–water partition coefficient (Wildman–Crippen LogP) is 4.78. The highest BCUT2D eigenvalue weighted by molar-refractivity contribution is 14.1. The van der Waals surface area contributed by atoms with Crippen molar-refractivity contribution in [2.75, 3.05) is 23.3 Å². The lowest BCUT2D eigenvalue weighted by Gasteiger charge is -2.32. The minimum Gasteiger partial charge on any atom is -0.372 e. The van der Waals surface area contributed by atoms with Gasteiger partial charge in [-0.15, -0.1) is 0 Å². The van der Waals surface area contributed by atoms with Crippen LogP contribution >= 0.6 is 22.6 Å². The molecular weight excluding hydrogens is 399 g/mol. The number of hydrogen-bond acceptors (Lipinski definition) is 2. The SMILES string of the molecule is CC1CCN(c2ccc(NC(=O)c3ccccc3I)cc2)CC1. The molecule has 3 rings (SSSR count). The molecule has 0 bridgehead atoms. The second-order valence-electron chi connectivity index (χ2n) is 6.15. The van der Waals surface area contributed by atoms with Gasteiger partial charge in [-0.1, -0.05) is 19.1 Å². The van der Waals surface area contributed by atoms with Crippen LogP contribution in [0.5, 0.6) is 0 Å². The maximum absolute atomic E-state index is 12.3. The van der Waals surface area contributed by atoms with Crippen molar-refractivity contribution in [2.45, 2.75) is 19.8 Å². The van der Waals surface area contributed by atoms with Crippen LogP contribution in [0.3, 0.4) is 0 Å². The van der Waals surface area contributed by atoms with Crippen molar-refractivity contribution in [2.24, 2.45) is 5.92 Å². The van der Waals surface area contributed by atoms with Crippen molar-refractivity contribution in [3.05, 3.63) is 57.7 Å². The zero-order valence-electron chi connectivity index (χ0n) is 13.3. The Morgan fingerprint density at radius 1 is 1.09 bits per heavy atom. The van der Waals surface area contributed by atoms with E-state index in [2.05, 4.69) is 51.9 Å². The summed E-state index contributed by atoms with van der Waals surface area (Å²) in [5, 5.41) is 2.97. The number of nitrogens with zero attached hydrogens (tertiary/aromatic N) is 1. The first-order valence-electron chi connectivity index (χ1n) is 8.04. The lowest BCUT2D eigenvalue weighted by atomic mass is 9.99. The van der Waals surface area contributed by atoms with Crippen LogP contribution < -0.4 is 10.2 Å². The minimum atomic E-state index is -0.0606. The van der Waals surface area contributed by atoms with Crippen molar-refractivity contribution in [1.82, 2.24) is 0 Å². The van der Waals surface area contributed by atoms with Crippen LogP contribution in [0.15, 0.2) is 48.5 Å². The van der Waals surface area contributed by atoms with Gasteiger partial charge in [-0.25, -0.2) is 0 Å². The summed E-state index contributed by atoms with van der Waals surface area (Å²) < 4.78 is 0.960. The van der Waals surface area contributed by atoms with Crippen LogP contribution in [0.2, 0.25) is 0 Å². The van der Waals surface area contributed by atoms with Gasteiger partial charge < -0.3 is 10.2 Å². The van der Waals surface area contributed by atoms with Crippen LogP contribution in [0.25, 0.3) is 0 Å². The van der Waals surface area contributed by atoms with E-state index in [0.717, 1.165) is 28.3 Å². The first-order chi connectivity index (χ1) is 11.1. The highest BCUT2D eigenvalue weighted by Gasteiger charge is 2.16. The molecule has 120 valence electrons. The van der Waals surface area contributed by atoms with Crippen LogP contribution in [0.1, 0.15) is 30.1 Å². The molecule has 1 fully saturated rings. The summed E-state index contributed by atoms with van der Waals surface area (Å²) in [4.78, 5) is 14.8. The van der Waals surface area contributed by atoms with Gasteiger partial charge in [0.05, 0.1) is 5.56 Å². The van der Waals surface area contributed by atoms with E-state index < -0.39 is 0 Å². The van der Waals surface area contributed by atoms with Crippen molar-refractivity contribution >= 4 is 39.9 Å². The smallest absolute Gasteiger partial charge is 0.256 e. The molecule has 1 N–H and O–H groups in total. The molecule has 0 aliphatic carbocycles. The summed E-state index contributed by atoms with van der Waals surface area (Å²) in [6, 6.07) is 15.8. The average molecular weight is 420 g/mol. The summed E-state index contributed by atoms with van der Waals surface area (Å²) in [5.74, 6) is 0.771. The van der Waals surface area contributed by atoms with E-state index in [4.69, 9.17) is 0 Å². The van der Waals surface area contributed by atoms with Gasteiger partial charge in [0.25, 0.3) is 5.91 Å². The molecule has 1 heterocycles. The normalized spacial score (nSPS) is 15.5. The number of piperidine rings is 1. The first-order valence-corrected chi connectivity index (χ1v) is 9.12. The number of carbonyl (C=O) groups is 1.